The van der Waals surface area contributed by atoms with Gasteiger partial charge in [0.1, 0.15) is 11.2 Å². The van der Waals surface area contributed by atoms with Gasteiger partial charge in [0.15, 0.2) is 0 Å². The maximum atomic E-state index is 13.8. The first-order valence-electron chi connectivity index (χ1n) is 12.0. The first-order chi connectivity index (χ1) is 16.9. The van der Waals surface area contributed by atoms with Crippen molar-refractivity contribution in [3.05, 3.63) is 53.4 Å². The minimum Gasteiger partial charge on any atom is -0.462 e. The molecule has 194 valence electrons. The Hall–Kier alpha value is -3.30. The standard InChI is InChI=1S/C26H30F3N3O4/c1-5-35-22(33)17-16-30-32(20-9-7-6-8-18(20)26(27,28)29)21(17)19-10-11-25(19)12-14-31(15-13-25)23(34)36-24(2,3)4/h6-10,16H,5,11-15H2,1-4H3. The van der Waals surface area contributed by atoms with Crippen LogP contribution in [-0.2, 0) is 15.7 Å². The highest BCUT2D eigenvalue weighted by Crippen LogP contribution is 2.55. The predicted octanol–water partition coefficient (Wildman–Crippen LogP) is 5.87. The number of nitrogens with zero attached hydrogens (tertiary/aromatic N) is 3. The van der Waals surface area contributed by atoms with E-state index in [2.05, 4.69) is 5.10 Å². The van der Waals surface area contributed by atoms with E-state index in [9.17, 15) is 22.8 Å². The summed E-state index contributed by atoms with van der Waals surface area (Å²) in [7, 11) is 0. The molecular weight excluding hydrogens is 475 g/mol. The Labute approximate surface area is 207 Å². The quantitative estimate of drug-likeness (QED) is 0.486. The van der Waals surface area contributed by atoms with E-state index in [1.165, 1.54) is 29.1 Å². The van der Waals surface area contributed by atoms with Crippen molar-refractivity contribution in [1.29, 1.82) is 0 Å². The zero-order valence-electron chi connectivity index (χ0n) is 20.8. The van der Waals surface area contributed by atoms with Gasteiger partial charge in [-0.25, -0.2) is 14.3 Å². The average molecular weight is 506 g/mol. The van der Waals surface area contributed by atoms with Crippen LogP contribution in [-0.4, -0.2) is 52.0 Å². The van der Waals surface area contributed by atoms with E-state index in [1.807, 2.05) is 6.08 Å². The first-order valence-corrected chi connectivity index (χ1v) is 12.0. The number of piperidine rings is 1. The lowest BCUT2D eigenvalue weighted by Crippen LogP contribution is -2.47. The molecule has 1 aliphatic heterocycles. The van der Waals surface area contributed by atoms with Crippen molar-refractivity contribution in [2.75, 3.05) is 19.7 Å². The molecule has 2 aliphatic rings. The van der Waals surface area contributed by atoms with E-state index in [-0.39, 0.29) is 23.3 Å². The number of carbonyl (C=O) groups excluding carboxylic acids is 2. The minimum absolute atomic E-state index is 0.119. The zero-order chi connectivity index (χ0) is 26.3. The van der Waals surface area contributed by atoms with Gasteiger partial charge in [0.05, 0.1) is 29.7 Å². The van der Waals surface area contributed by atoms with Crippen LogP contribution in [0.1, 0.15) is 68.6 Å². The molecule has 1 aliphatic carbocycles. The topological polar surface area (TPSA) is 73.7 Å². The highest BCUT2D eigenvalue weighted by Gasteiger charge is 2.47. The Morgan fingerprint density at radius 3 is 2.33 bits per heavy atom. The summed E-state index contributed by atoms with van der Waals surface area (Å²) < 4.78 is 53.4. The molecule has 0 atom stereocenters. The van der Waals surface area contributed by atoms with E-state index in [4.69, 9.17) is 9.47 Å². The Morgan fingerprint density at radius 2 is 1.78 bits per heavy atom. The fourth-order valence-electron chi connectivity index (χ4n) is 4.80. The van der Waals surface area contributed by atoms with Gasteiger partial charge >= 0.3 is 18.2 Å². The number of hydrogen-bond acceptors (Lipinski definition) is 5. The van der Waals surface area contributed by atoms with Gasteiger partial charge in [-0.15, -0.1) is 0 Å². The second-order valence-electron chi connectivity index (χ2n) is 10.1. The van der Waals surface area contributed by atoms with Crippen LogP contribution in [0.25, 0.3) is 11.3 Å². The molecule has 0 bridgehead atoms. The van der Waals surface area contributed by atoms with Crippen LogP contribution in [0.15, 0.2) is 36.5 Å². The second-order valence-corrected chi connectivity index (χ2v) is 10.1. The van der Waals surface area contributed by atoms with E-state index < -0.39 is 29.4 Å². The summed E-state index contributed by atoms with van der Waals surface area (Å²) in [5.41, 5.74) is -0.825. The van der Waals surface area contributed by atoms with Gasteiger partial charge in [-0.05, 0) is 64.7 Å². The Morgan fingerprint density at radius 1 is 1.11 bits per heavy atom. The third-order valence-electron chi connectivity index (χ3n) is 6.60. The zero-order valence-corrected chi connectivity index (χ0v) is 20.8. The molecule has 10 heteroatoms. The lowest BCUT2D eigenvalue weighted by molar-refractivity contribution is -0.137. The number of rotatable bonds is 4. The molecule has 2 heterocycles. The molecule has 1 amide bonds. The molecule has 1 fully saturated rings. The maximum Gasteiger partial charge on any atom is 0.418 e. The summed E-state index contributed by atoms with van der Waals surface area (Å²) >= 11 is 0. The van der Waals surface area contributed by atoms with Crippen molar-refractivity contribution >= 4 is 17.6 Å². The monoisotopic (exact) mass is 505 g/mol. The van der Waals surface area contributed by atoms with E-state index in [0.717, 1.165) is 11.6 Å². The number of benzene rings is 1. The molecule has 0 saturated carbocycles. The lowest BCUT2D eigenvalue weighted by atomic mass is 9.61. The van der Waals surface area contributed by atoms with Crippen LogP contribution in [0.5, 0.6) is 0 Å². The van der Waals surface area contributed by atoms with Crippen molar-refractivity contribution in [2.45, 2.75) is 58.7 Å². The van der Waals surface area contributed by atoms with Gasteiger partial charge in [0.25, 0.3) is 0 Å². The summed E-state index contributed by atoms with van der Waals surface area (Å²) in [5.74, 6) is -0.641. The van der Waals surface area contributed by atoms with Crippen LogP contribution in [0, 0.1) is 5.41 Å². The van der Waals surface area contributed by atoms with Gasteiger partial charge < -0.3 is 14.4 Å². The van der Waals surface area contributed by atoms with E-state index >= 15 is 0 Å². The first kappa shape index (κ1) is 25.8. The predicted molar refractivity (Wildman–Crippen MR) is 127 cm³/mol. The third-order valence-corrected chi connectivity index (χ3v) is 6.60. The number of carbonyl (C=O) groups is 2. The summed E-state index contributed by atoms with van der Waals surface area (Å²) in [6.07, 6.45) is 0.0729. The minimum atomic E-state index is -4.60. The number of likely N-dealkylation sites (tertiary alicyclic amines) is 1. The van der Waals surface area contributed by atoms with E-state index in [1.54, 1.807) is 32.6 Å². The Kier molecular flexibility index (Phi) is 6.66. The molecule has 4 rings (SSSR count). The van der Waals surface area contributed by atoms with Crippen LogP contribution < -0.4 is 0 Å². The SMILES string of the molecule is CCOC(=O)c1cnn(-c2ccccc2C(F)(F)F)c1C1=CCC12CCN(C(=O)OC(C)(C)C)CC2. The number of halogens is 3. The summed E-state index contributed by atoms with van der Waals surface area (Å²) in [6.45, 7) is 8.08. The average Bonchev–Trinajstić information content (AvgIpc) is 3.21. The number of amides is 1. The largest absolute Gasteiger partial charge is 0.462 e. The molecule has 0 N–H and O–H groups in total. The summed E-state index contributed by atoms with van der Waals surface area (Å²) in [5, 5.41) is 4.22. The fraction of sp³-hybridized carbons (Fsp3) is 0.500. The number of ether oxygens (including phenoxy) is 2. The van der Waals surface area contributed by atoms with E-state index in [0.29, 0.717) is 38.0 Å². The molecule has 0 radical (unpaired) electrons. The van der Waals surface area contributed by atoms with Crippen molar-refractivity contribution in [3.8, 4) is 5.69 Å². The molecule has 1 aromatic carbocycles. The van der Waals surface area contributed by atoms with Gasteiger partial charge in [-0.2, -0.15) is 18.3 Å². The maximum absolute atomic E-state index is 13.8. The molecule has 1 spiro atoms. The van der Waals surface area contributed by atoms with Crippen LogP contribution in [0.2, 0.25) is 0 Å². The summed E-state index contributed by atoms with van der Waals surface area (Å²) in [6, 6.07) is 5.16. The van der Waals surface area contributed by atoms with Crippen molar-refractivity contribution in [3.63, 3.8) is 0 Å². The Bertz CT molecular complexity index is 1190. The molecule has 2 aromatic rings. The lowest BCUT2D eigenvalue weighted by Gasteiger charge is -2.48. The molecule has 0 unspecified atom stereocenters. The highest BCUT2D eigenvalue weighted by atomic mass is 19.4. The number of alkyl halides is 3. The number of hydrogen-bond donors (Lipinski definition) is 0. The molecule has 1 aromatic heterocycles. The number of esters is 1. The smallest absolute Gasteiger partial charge is 0.418 e. The third kappa shape index (κ3) is 4.85. The van der Waals surface area contributed by atoms with Crippen LogP contribution in [0.4, 0.5) is 18.0 Å². The van der Waals surface area contributed by atoms with Crippen molar-refractivity contribution in [1.82, 2.24) is 14.7 Å². The van der Waals surface area contributed by atoms with Crippen molar-refractivity contribution in [2.24, 2.45) is 5.41 Å². The van der Waals surface area contributed by atoms with Crippen molar-refractivity contribution < 1.29 is 32.2 Å². The number of aromatic nitrogens is 2. The van der Waals surface area contributed by atoms with Gasteiger partial charge in [0, 0.05) is 18.5 Å². The summed E-state index contributed by atoms with van der Waals surface area (Å²) in [4.78, 5) is 27.0. The number of allylic oxidation sites excluding steroid dienone is 2. The van der Waals surface area contributed by atoms with Crippen LogP contribution in [0.3, 0.4) is 0 Å². The molecule has 7 nitrogen and oxygen atoms in total. The number of para-hydroxylation sites is 1. The second kappa shape index (κ2) is 9.29. The normalized spacial score (nSPS) is 17.4. The fourth-order valence-corrected chi connectivity index (χ4v) is 4.80. The molecule has 36 heavy (non-hydrogen) atoms. The molecule has 1 saturated heterocycles. The Balaban J connectivity index is 1.70. The highest BCUT2D eigenvalue weighted by molar-refractivity contribution is 5.96. The van der Waals surface area contributed by atoms with Gasteiger partial charge in [-0.3, -0.25) is 0 Å². The van der Waals surface area contributed by atoms with Gasteiger partial charge in [-0.1, -0.05) is 18.2 Å². The van der Waals surface area contributed by atoms with Gasteiger partial charge in [0.2, 0.25) is 0 Å². The van der Waals surface area contributed by atoms with Crippen LogP contribution >= 0.6 is 0 Å². The molecular formula is C26H30F3N3O4.